The number of ether oxygens (including phenoxy) is 3. The largest absolute Gasteiger partial charge is 0.497 e. The smallest absolute Gasteiger partial charge is 0.196 e. The van der Waals surface area contributed by atoms with Gasteiger partial charge in [0.25, 0.3) is 0 Å². The summed E-state index contributed by atoms with van der Waals surface area (Å²) in [6, 6.07) is 23.9. The van der Waals surface area contributed by atoms with E-state index in [0.29, 0.717) is 13.2 Å². The molecule has 0 aliphatic rings. The number of rotatable bonds is 10. The highest BCUT2D eigenvalue weighted by Crippen LogP contribution is 2.30. The van der Waals surface area contributed by atoms with Gasteiger partial charge in [-0.3, -0.25) is 4.57 Å². The quantitative estimate of drug-likeness (QED) is 0.219. The Morgan fingerprint density at radius 3 is 2.27 bits per heavy atom. The van der Waals surface area contributed by atoms with E-state index in [1.165, 1.54) is 5.56 Å². The Morgan fingerprint density at radius 1 is 0.848 bits per heavy atom. The van der Waals surface area contributed by atoms with Gasteiger partial charge in [-0.25, -0.2) is 0 Å². The highest BCUT2D eigenvalue weighted by Gasteiger charge is 2.16. The molecule has 0 fully saturated rings. The summed E-state index contributed by atoms with van der Waals surface area (Å²) in [4.78, 5) is 0. The normalized spacial score (nSPS) is 10.8. The molecule has 0 atom stereocenters. The zero-order valence-corrected chi connectivity index (χ0v) is 19.8. The monoisotopic (exact) mass is 461 g/mol. The summed E-state index contributed by atoms with van der Waals surface area (Å²) >= 11 is 1.61. The van der Waals surface area contributed by atoms with Gasteiger partial charge in [0.05, 0.1) is 20.3 Å². The minimum absolute atomic E-state index is 0.550. The summed E-state index contributed by atoms with van der Waals surface area (Å²) in [5.74, 6) is 3.94. The number of hydrogen-bond acceptors (Lipinski definition) is 6. The predicted molar refractivity (Wildman–Crippen MR) is 132 cm³/mol. The van der Waals surface area contributed by atoms with Gasteiger partial charge in [0.1, 0.15) is 17.2 Å². The van der Waals surface area contributed by atoms with E-state index in [-0.39, 0.29) is 0 Å². The Morgan fingerprint density at radius 2 is 1.58 bits per heavy atom. The molecule has 0 radical (unpaired) electrons. The first kappa shape index (κ1) is 22.7. The molecule has 4 aromatic rings. The number of benzene rings is 3. The van der Waals surface area contributed by atoms with E-state index in [9.17, 15) is 0 Å². The molecule has 0 aliphatic carbocycles. The van der Waals surface area contributed by atoms with E-state index in [1.54, 1.807) is 18.9 Å². The molecule has 0 saturated carbocycles. The zero-order chi connectivity index (χ0) is 23.0. The Balaban J connectivity index is 1.51. The number of aromatic nitrogens is 3. The average Bonchev–Trinajstić information content (AvgIpc) is 3.27. The number of hydrogen-bond donors (Lipinski definition) is 0. The molecule has 1 heterocycles. The van der Waals surface area contributed by atoms with Crippen LogP contribution in [-0.4, -0.2) is 40.8 Å². The van der Waals surface area contributed by atoms with Gasteiger partial charge in [-0.15, -0.1) is 10.2 Å². The van der Waals surface area contributed by atoms with Crippen LogP contribution in [0.1, 0.15) is 12.5 Å². The average molecular weight is 462 g/mol. The van der Waals surface area contributed by atoms with E-state index in [1.807, 2.05) is 55.5 Å². The van der Waals surface area contributed by atoms with Gasteiger partial charge in [-0.1, -0.05) is 41.6 Å². The Kier molecular flexibility index (Phi) is 7.52. The fourth-order valence-electron chi connectivity index (χ4n) is 3.33. The van der Waals surface area contributed by atoms with Gasteiger partial charge in [0.2, 0.25) is 0 Å². The second-order valence-electron chi connectivity index (χ2n) is 7.31. The van der Waals surface area contributed by atoms with Crippen LogP contribution in [0, 0.1) is 6.92 Å². The number of aryl methyl sites for hydroxylation is 1. The molecule has 7 heteroatoms. The molecule has 33 heavy (non-hydrogen) atoms. The lowest BCUT2D eigenvalue weighted by molar-refractivity contribution is 0.332. The third-order valence-electron chi connectivity index (χ3n) is 4.97. The molecular formula is C26H27N3O3S. The first-order valence-corrected chi connectivity index (χ1v) is 11.8. The van der Waals surface area contributed by atoms with Crippen LogP contribution in [0.5, 0.6) is 17.2 Å². The van der Waals surface area contributed by atoms with Crippen LogP contribution in [0.3, 0.4) is 0 Å². The van der Waals surface area contributed by atoms with Crippen molar-refractivity contribution in [1.29, 1.82) is 0 Å². The van der Waals surface area contributed by atoms with Crippen molar-refractivity contribution < 1.29 is 14.2 Å². The lowest BCUT2D eigenvalue weighted by Crippen LogP contribution is -2.03. The molecule has 4 rings (SSSR count). The van der Waals surface area contributed by atoms with Crippen LogP contribution >= 0.6 is 11.8 Å². The number of methoxy groups -OCH3 is 1. The minimum Gasteiger partial charge on any atom is -0.497 e. The Labute approximate surface area is 198 Å². The second kappa shape index (κ2) is 10.9. The summed E-state index contributed by atoms with van der Waals surface area (Å²) in [5.41, 5.74) is 3.16. The zero-order valence-electron chi connectivity index (χ0n) is 19.0. The Bertz CT molecular complexity index is 1170. The van der Waals surface area contributed by atoms with Gasteiger partial charge in [-0.2, -0.15) is 0 Å². The topological polar surface area (TPSA) is 58.4 Å². The molecule has 0 bridgehead atoms. The number of nitrogens with zero attached hydrogens (tertiary/aromatic N) is 3. The third kappa shape index (κ3) is 5.68. The summed E-state index contributed by atoms with van der Waals surface area (Å²) < 4.78 is 18.8. The summed E-state index contributed by atoms with van der Waals surface area (Å²) in [6.07, 6.45) is 0. The maximum Gasteiger partial charge on any atom is 0.196 e. The van der Waals surface area contributed by atoms with Gasteiger partial charge < -0.3 is 14.2 Å². The summed E-state index contributed by atoms with van der Waals surface area (Å²) in [5, 5.41) is 9.81. The van der Waals surface area contributed by atoms with Crippen molar-refractivity contribution in [2.75, 3.05) is 26.1 Å². The van der Waals surface area contributed by atoms with Crippen molar-refractivity contribution in [2.45, 2.75) is 19.0 Å². The fourth-order valence-corrected chi connectivity index (χ4v) is 4.10. The maximum absolute atomic E-state index is 5.89. The molecule has 0 unspecified atom stereocenters. The van der Waals surface area contributed by atoms with Crippen molar-refractivity contribution in [2.24, 2.45) is 0 Å². The minimum atomic E-state index is 0.550. The summed E-state index contributed by atoms with van der Waals surface area (Å²) in [6.45, 7) is 5.24. The van der Waals surface area contributed by atoms with Crippen molar-refractivity contribution in [3.63, 3.8) is 0 Å². The van der Waals surface area contributed by atoms with Crippen LogP contribution < -0.4 is 14.2 Å². The molecule has 1 aromatic heterocycles. The molecular weight excluding hydrogens is 434 g/mol. The number of thioether (sulfide) groups is 1. The van der Waals surface area contributed by atoms with Gasteiger partial charge >= 0.3 is 0 Å². The lowest BCUT2D eigenvalue weighted by atomic mass is 10.2. The molecule has 0 N–H and O–H groups in total. The van der Waals surface area contributed by atoms with Crippen LogP contribution in [0.15, 0.2) is 78.0 Å². The summed E-state index contributed by atoms with van der Waals surface area (Å²) in [7, 11) is 1.66. The molecule has 0 saturated heterocycles. The van der Waals surface area contributed by atoms with Crippen LogP contribution in [0.25, 0.3) is 17.1 Å². The van der Waals surface area contributed by atoms with Crippen molar-refractivity contribution in [1.82, 2.24) is 14.8 Å². The highest BCUT2D eigenvalue weighted by atomic mass is 32.2. The predicted octanol–water partition coefficient (Wildman–Crippen LogP) is 5.82. The first-order chi connectivity index (χ1) is 16.2. The van der Waals surface area contributed by atoms with E-state index in [0.717, 1.165) is 45.2 Å². The van der Waals surface area contributed by atoms with Crippen molar-refractivity contribution in [3.8, 4) is 34.3 Å². The Hall–Kier alpha value is -3.45. The van der Waals surface area contributed by atoms with E-state index in [4.69, 9.17) is 14.2 Å². The molecule has 3 aromatic carbocycles. The van der Waals surface area contributed by atoms with Crippen LogP contribution in [-0.2, 0) is 0 Å². The molecule has 0 aliphatic heterocycles. The standard InChI is InChI=1S/C26H27N3O3S/c1-4-31-22-12-14-23(15-13-22)32-16-17-33-26-28-27-25(20-6-5-7-24(18-20)30-3)29(26)21-10-8-19(2)9-11-21/h5-15,18H,4,16-17H2,1-3H3. The van der Waals surface area contributed by atoms with Crippen molar-refractivity contribution >= 4 is 11.8 Å². The first-order valence-electron chi connectivity index (χ1n) is 10.8. The fraction of sp³-hybridized carbons (Fsp3) is 0.231. The molecule has 0 amide bonds. The highest BCUT2D eigenvalue weighted by molar-refractivity contribution is 7.99. The van der Waals surface area contributed by atoms with E-state index < -0.39 is 0 Å². The van der Waals surface area contributed by atoms with Gasteiger partial charge in [-0.05, 0) is 62.4 Å². The third-order valence-corrected chi connectivity index (χ3v) is 5.86. The SMILES string of the molecule is CCOc1ccc(OCCSc2nnc(-c3cccc(OC)c3)n2-c2ccc(C)cc2)cc1. The van der Waals surface area contributed by atoms with Gasteiger partial charge in [0, 0.05) is 17.0 Å². The van der Waals surface area contributed by atoms with E-state index >= 15 is 0 Å². The molecule has 0 spiro atoms. The molecule has 6 nitrogen and oxygen atoms in total. The van der Waals surface area contributed by atoms with Crippen molar-refractivity contribution in [3.05, 3.63) is 78.4 Å². The molecule has 170 valence electrons. The van der Waals surface area contributed by atoms with Crippen LogP contribution in [0.2, 0.25) is 0 Å². The van der Waals surface area contributed by atoms with E-state index in [2.05, 4.69) is 46.0 Å². The lowest BCUT2D eigenvalue weighted by Gasteiger charge is -2.12. The maximum atomic E-state index is 5.89. The second-order valence-corrected chi connectivity index (χ2v) is 8.37. The van der Waals surface area contributed by atoms with Gasteiger partial charge in [0.15, 0.2) is 11.0 Å². The van der Waals surface area contributed by atoms with Crippen LogP contribution in [0.4, 0.5) is 0 Å².